The summed E-state index contributed by atoms with van der Waals surface area (Å²) in [5.74, 6) is -0.995. The molecule has 0 aliphatic rings. The molecule has 136 valence electrons. The van der Waals surface area contributed by atoms with E-state index in [4.69, 9.17) is 8.83 Å². The molecule has 27 heavy (non-hydrogen) atoms. The number of phenolic OH excluding ortho intramolecular Hbond substituents is 1. The summed E-state index contributed by atoms with van der Waals surface area (Å²) in [5, 5.41) is 20.0. The molecular formula is C18H10O8S. The lowest BCUT2D eigenvalue weighted by atomic mass is 10.2. The molecule has 9 heteroatoms. The van der Waals surface area contributed by atoms with E-state index in [1.54, 1.807) is 6.07 Å². The van der Waals surface area contributed by atoms with E-state index in [0.717, 1.165) is 6.07 Å². The summed E-state index contributed by atoms with van der Waals surface area (Å²) in [5.41, 5.74) is -2.50. The molecule has 0 radical (unpaired) electrons. The standard InChI is InChI=1S/C18H10O8S/c19-10-5-6-12-9(7-10)8-14(17(21)25-12)27(23,24)16-15(20)11-3-1-2-4-13(11)26-18(16)22/h1-8,19-20H. The lowest BCUT2D eigenvalue weighted by Gasteiger charge is -2.07. The predicted molar refractivity (Wildman–Crippen MR) is 93.7 cm³/mol. The van der Waals surface area contributed by atoms with Crippen LogP contribution in [0.2, 0.25) is 0 Å². The first-order chi connectivity index (χ1) is 12.8. The summed E-state index contributed by atoms with van der Waals surface area (Å²) in [7, 11) is -4.77. The highest BCUT2D eigenvalue weighted by Crippen LogP contribution is 2.32. The Morgan fingerprint density at radius 2 is 1.52 bits per heavy atom. The van der Waals surface area contributed by atoms with Crippen molar-refractivity contribution in [2.75, 3.05) is 0 Å². The number of aromatic hydroxyl groups is 2. The maximum absolute atomic E-state index is 12.9. The number of phenols is 1. The number of hydrogen-bond acceptors (Lipinski definition) is 8. The lowest BCUT2D eigenvalue weighted by Crippen LogP contribution is -2.20. The monoisotopic (exact) mass is 386 g/mol. The van der Waals surface area contributed by atoms with Crippen molar-refractivity contribution in [3.8, 4) is 11.5 Å². The van der Waals surface area contributed by atoms with Crippen molar-refractivity contribution in [3.05, 3.63) is 69.4 Å². The minimum atomic E-state index is -4.77. The molecule has 4 rings (SSSR count). The van der Waals surface area contributed by atoms with Crippen molar-refractivity contribution in [3.63, 3.8) is 0 Å². The molecule has 0 saturated heterocycles. The van der Waals surface area contributed by atoms with Crippen LogP contribution in [-0.2, 0) is 9.84 Å². The fraction of sp³-hybridized carbons (Fsp3) is 0. The molecule has 0 amide bonds. The first-order valence-corrected chi connectivity index (χ1v) is 9.04. The van der Waals surface area contributed by atoms with E-state index in [2.05, 4.69) is 0 Å². The second-order valence-corrected chi connectivity index (χ2v) is 7.54. The fourth-order valence-electron chi connectivity index (χ4n) is 2.74. The highest BCUT2D eigenvalue weighted by molar-refractivity contribution is 7.91. The zero-order chi connectivity index (χ0) is 19.3. The van der Waals surface area contributed by atoms with Gasteiger partial charge in [-0.3, -0.25) is 0 Å². The summed E-state index contributed by atoms with van der Waals surface area (Å²) in [6.07, 6.45) is 0. The van der Waals surface area contributed by atoms with E-state index in [9.17, 15) is 28.2 Å². The average molecular weight is 386 g/mol. The maximum atomic E-state index is 12.9. The van der Waals surface area contributed by atoms with E-state index in [-0.39, 0.29) is 27.7 Å². The Hall–Kier alpha value is -3.59. The number of hydrogen-bond donors (Lipinski definition) is 2. The minimum absolute atomic E-state index is 0.00139. The maximum Gasteiger partial charge on any atom is 0.359 e. The van der Waals surface area contributed by atoms with Gasteiger partial charge in [-0.05, 0) is 36.4 Å². The second-order valence-electron chi connectivity index (χ2n) is 5.69. The first-order valence-electron chi connectivity index (χ1n) is 7.56. The Labute approximate surface area is 150 Å². The third kappa shape index (κ3) is 2.56. The van der Waals surface area contributed by atoms with Gasteiger partial charge in [-0.1, -0.05) is 12.1 Å². The lowest BCUT2D eigenvalue weighted by molar-refractivity contribution is 0.441. The molecule has 0 saturated carbocycles. The van der Waals surface area contributed by atoms with Crippen molar-refractivity contribution in [2.24, 2.45) is 0 Å². The van der Waals surface area contributed by atoms with Crippen LogP contribution in [0.5, 0.6) is 11.5 Å². The topological polar surface area (TPSA) is 135 Å². The van der Waals surface area contributed by atoms with Crippen LogP contribution in [0.3, 0.4) is 0 Å². The molecule has 0 atom stereocenters. The van der Waals surface area contributed by atoms with Gasteiger partial charge in [0.25, 0.3) is 0 Å². The van der Waals surface area contributed by atoms with Gasteiger partial charge < -0.3 is 19.0 Å². The van der Waals surface area contributed by atoms with Crippen LogP contribution >= 0.6 is 0 Å². The van der Waals surface area contributed by atoms with Crippen LogP contribution in [0, 0.1) is 0 Å². The van der Waals surface area contributed by atoms with Crippen LogP contribution in [0.15, 0.2) is 76.7 Å². The van der Waals surface area contributed by atoms with Crippen molar-refractivity contribution in [2.45, 2.75) is 9.79 Å². The normalized spacial score (nSPS) is 11.9. The molecule has 2 heterocycles. The van der Waals surface area contributed by atoms with Crippen LogP contribution < -0.4 is 11.3 Å². The third-order valence-corrected chi connectivity index (χ3v) is 5.75. The highest BCUT2D eigenvalue weighted by atomic mass is 32.2. The molecule has 2 N–H and O–H groups in total. The van der Waals surface area contributed by atoms with Crippen LogP contribution in [0.25, 0.3) is 21.9 Å². The van der Waals surface area contributed by atoms with Crippen LogP contribution in [-0.4, -0.2) is 18.6 Å². The first kappa shape index (κ1) is 16.9. The molecule has 0 spiro atoms. The number of sulfone groups is 1. The van der Waals surface area contributed by atoms with Gasteiger partial charge in [0.15, 0.2) is 15.5 Å². The smallest absolute Gasteiger partial charge is 0.359 e. The molecule has 0 aliphatic heterocycles. The third-order valence-electron chi connectivity index (χ3n) is 3.99. The Balaban J connectivity index is 2.07. The molecule has 0 aliphatic carbocycles. The van der Waals surface area contributed by atoms with Crippen LogP contribution in [0.4, 0.5) is 0 Å². The summed E-state index contributed by atoms with van der Waals surface area (Å²) < 4.78 is 35.8. The molecule has 8 nitrogen and oxygen atoms in total. The molecule has 0 bridgehead atoms. The summed E-state index contributed by atoms with van der Waals surface area (Å²) in [4.78, 5) is 22.5. The summed E-state index contributed by atoms with van der Waals surface area (Å²) >= 11 is 0. The van der Waals surface area contributed by atoms with Gasteiger partial charge in [0.1, 0.15) is 16.9 Å². The molecule has 2 aromatic carbocycles. The SMILES string of the molecule is O=c1oc2ccc(O)cc2cc1S(=O)(=O)c1c(O)c2ccccc2oc1=O. The van der Waals surface area contributed by atoms with Gasteiger partial charge in [0.05, 0.1) is 5.39 Å². The van der Waals surface area contributed by atoms with Gasteiger partial charge >= 0.3 is 11.3 Å². The number of benzene rings is 2. The minimum Gasteiger partial charge on any atom is -0.508 e. The van der Waals surface area contributed by atoms with Gasteiger partial charge in [-0.25, -0.2) is 18.0 Å². The van der Waals surface area contributed by atoms with E-state index in [1.807, 2.05) is 0 Å². The van der Waals surface area contributed by atoms with Gasteiger partial charge in [0, 0.05) is 5.39 Å². The van der Waals surface area contributed by atoms with Crippen molar-refractivity contribution >= 4 is 31.8 Å². The fourth-order valence-corrected chi connectivity index (χ4v) is 4.13. The summed E-state index contributed by atoms with van der Waals surface area (Å²) in [6, 6.07) is 10.5. The zero-order valence-corrected chi connectivity index (χ0v) is 14.2. The average Bonchev–Trinajstić information content (AvgIpc) is 2.61. The Kier molecular flexibility index (Phi) is 3.57. The predicted octanol–water partition coefficient (Wildman–Crippen LogP) is 2.14. The molecule has 0 fully saturated rings. The van der Waals surface area contributed by atoms with E-state index >= 15 is 0 Å². The number of rotatable bonds is 2. The number of para-hydroxylation sites is 1. The highest BCUT2D eigenvalue weighted by Gasteiger charge is 2.32. The Bertz CT molecular complexity index is 1440. The molecule has 4 aromatic rings. The number of fused-ring (bicyclic) bond motifs is 2. The summed E-state index contributed by atoms with van der Waals surface area (Å²) in [6.45, 7) is 0. The molecular weight excluding hydrogens is 376 g/mol. The van der Waals surface area contributed by atoms with Crippen LogP contribution in [0.1, 0.15) is 0 Å². The van der Waals surface area contributed by atoms with Crippen molar-refractivity contribution in [1.82, 2.24) is 0 Å². The van der Waals surface area contributed by atoms with Gasteiger partial charge in [-0.2, -0.15) is 0 Å². The van der Waals surface area contributed by atoms with Gasteiger partial charge in [0.2, 0.25) is 9.84 Å². The molecule has 2 aromatic heterocycles. The molecule has 0 unspecified atom stereocenters. The zero-order valence-electron chi connectivity index (χ0n) is 13.4. The largest absolute Gasteiger partial charge is 0.508 e. The Morgan fingerprint density at radius 1 is 0.815 bits per heavy atom. The van der Waals surface area contributed by atoms with E-state index < -0.39 is 36.6 Å². The Morgan fingerprint density at radius 3 is 2.30 bits per heavy atom. The van der Waals surface area contributed by atoms with E-state index in [0.29, 0.717) is 0 Å². The van der Waals surface area contributed by atoms with E-state index in [1.165, 1.54) is 36.4 Å². The van der Waals surface area contributed by atoms with Gasteiger partial charge in [-0.15, -0.1) is 0 Å². The second kappa shape index (κ2) is 5.71. The quantitative estimate of drug-likeness (QED) is 0.500. The van der Waals surface area contributed by atoms with Crippen molar-refractivity contribution < 1.29 is 27.5 Å². The van der Waals surface area contributed by atoms with Crippen molar-refractivity contribution in [1.29, 1.82) is 0 Å².